The lowest BCUT2D eigenvalue weighted by atomic mass is 10.1. The number of urea groups is 1. The van der Waals surface area contributed by atoms with Crippen LogP contribution in [0.25, 0.3) is 10.9 Å². The summed E-state index contributed by atoms with van der Waals surface area (Å²) in [5.74, 6) is 0. The lowest BCUT2D eigenvalue weighted by Crippen LogP contribution is -2.34. The molecule has 1 atom stereocenters. The molecule has 2 amide bonds. The normalized spacial score (nSPS) is 12.2. The van der Waals surface area contributed by atoms with Crippen LogP contribution in [0, 0.1) is 6.92 Å². The monoisotopic (exact) mass is 305 g/mol. The average Bonchev–Trinajstić information content (AvgIpc) is 2.47. The number of aryl methyl sites for hydroxylation is 1. The number of carbonyl (C=O) groups is 1. The van der Waals surface area contributed by atoms with Crippen LogP contribution in [0.15, 0.2) is 29.3 Å². The number of anilines is 1. The number of para-hydroxylation sites is 1. The van der Waals surface area contributed by atoms with E-state index in [1.165, 1.54) is 11.8 Å². The van der Waals surface area contributed by atoms with Crippen molar-refractivity contribution in [1.29, 1.82) is 0 Å². The quantitative estimate of drug-likeness (QED) is 0.759. The summed E-state index contributed by atoms with van der Waals surface area (Å²) in [7, 11) is 0. The van der Waals surface area contributed by atoms with Crippen molar-refractivity contribution < 1.29 is 9.90 Å². The fourth-order valence-corrected chi connectivity index (χ4v) is 2.64. The fraction of sp³-hybridized carbons (Fsp3) is 0.333. The summed E-state index contributed by atoms with van der Waals surface area (Å²) in [5, 5.41) is 16.4. The zero-order valence-corrected chi connectivity index (χ0v) is 13.1. The zero-order chi connectivity index (χ0) is 15.4. The molecule has 0 saturated carbocycles. The molecule has 0 radical (unpaired) electrons. The van der Waals surface area contributed by atoms with Gasteiger partial charge in [0.25, 0.3) is 0 Å². The predicted octanol–water partition coefficient (Wildman–Crippen LogP) is 2.77. The van der Waals surface area contributed by atoms with Crippen LogP contribution in [0.3, 0.4) is 0 Å². The molecular weight excluding hydrogens is 286 g/mol. The highest BCUT2D eigenvalue weighted by molar-refractivity contribution is 7.98. The molecule has 0 unspecified atom stereocenters. The molecule has 0 aliphatic rings. The summed E-state index contributed by atoms with van der Waals surface area (Å²) in [5.41, 5.74) is 2.61. The standard InChI is InChI=1S/C15H19N3O2S/c1-9(19)8-16-15(20)18-13-10(2)11-6-4-5-7-12(11)17-14(13)21-3/h4-7,9,19H,8H2,1-3H3,(H2,16,18,20)/t9-/m1/s1. The molecule has 1 heterocycles. The summed E-state index contributed by atoms with van der Waals surface area (Å²) in [6.07, 6.45) is 1.35. The number of benzene rings is 1. The molecule has 0 aliphatic heterocycles. The number of pyridine rings is 1. The number of thioether (sulfide) groups is 1. The Bertz CT molecular complexity index is 659. The number of aliphatic hydroxyl groups is 1. The van der Waals surface area contributed by atoms with Gasteiger partial charge in [-0.15, -0.1) is 11.8 Å². The van der Waals surface area contributed by atoms with Crippen molar-refractivity contribution in [3.05, 3.63) is 29.8 Å². The summed E-state index contributed by atoms with van der Waals surface area (Å²) in [6.45, 7) is 3.80. The minimum atomic E-state index is -0.577. The minimum absolute atomic E-state index is 0.209. The van der Waals surface area contributed by atoms with E-state index in [2.05, 4.69) is 15.6 Å². The number of fused-ring (bicyclic) bond motifs is 1. The SMILES string of the molecule is CSc1nc2ccccc2c(C)c1NC(=O)NC[C@@H](C)O. The smallest absolute Gasteiger partial charge is 0.319 e. The van der Waals surface area contributed by atoms with Gasteiger partial charge in [-0.2, -0.15) is 0 Å². The number of aromatic nitrogens is 1. The molecule has 5 nitrogen and oxygen atoms in total. The van der Waals surface area contributed by atoms with Crippen LogP contribution >= 0.6 is 11.8 Å². The molecule has 0 bridgehead atoms. The van der Waals surface area contributed by atoms with Gasteiger partial charge in [0.05, 0.1) is 17.3 Å². The molecule has 112 valence electrons. The molecule has 2 aromatic rings. The Morgan fingerprint density at radius 1 is 1.43 bits per heavy atom. The van der Waals surface area contributed by atoms with Gasteiger partial charge in [0.2, 0.25) is 0 Å². The number of hydrogen-bond donors (Lipinski definition) is 3. The number of rotatable bonds is 4. The number of hydrogen-bond acceptors (Lipinski definition) is 4. The first-order chi connectivity index (χ1) is 10.0. The molecule has 0 fully saturated rings. The second kappa shape index (κ2) is 6.78. The van der Waals surface area contributed by atoms with Crippen LogP contribution in [-0.4, -0.2) is 35.0 Å². The Balaban J connectivity index is 2.33. The number of amides is 2. The molecular formula is C15H19N3O2S. The lowest BCUT2D eigenvalue weighted by Gasteiger charge is -2.15. The average molecular weight is 305 g/mol. The van der Waals surface area contributed by atoms with Crippen molar-refractivity contribution >= 4 is 34.4 Å². The first-order valence-electron chi connectivity index (χ1n) is 6.69. The van der Waals surface area contributed by atoms with Crippen molar-refractivity contribution in [2.45, 2.75) is 25.0 Å². The molecule has 1 aromatic carbocycles. The fourth-order valence-electron chi connectivity index (χ4n) is 2.04. The summed E-state index contributed by atoms with van der Waals surface area (Å²) in [4.78, 5) is 16.5. The van der Waals surface area contributed by atoms with E-state index in [-0.39, 0.29) is 12.6 Å². The zero-order valence-electron chi connectivity index (χ0n) is 12.3. The van der Waals surface area contributed by atoms with Gasteiger partial charge in [-0.1, -0.05) is 18.2 Å². The maximum Gasteiger partial charge on any atom is 0.319 e. The third-order valence-corrected chi connectivity index (χ3v) is 3.79. The molecule has 0 spiro atoms. The number of carbonyl (C=O) groups excluding carboxylic acids is 1. The Hall–Kier alpha value is -1.79. The molecule has 0 saturated heterocycles. The van der Waals surface area contributed by atoms with Gasteiger partial charge in [-0.05, 0) is 31.7 Å². The van der Waals surface area contributed by atoms with E-state index in [4.69, 9.17) is 0 Å². The molecule has 6 heteroatoms. The first kappa shape index (κ1) is 15.6. The van der Waals surface area contributed by atoms with E-state index >= 15 is 0 Å². The van der Waals surface area contributed by atoms with Crippen LogP contribution in [0.2, 0.25) is 0 Å². The Morgan fingerprint density at radius 2 is 2.14 bits per heavy atom. The van der Waals surface area contributed by atoms with Gasteiger partial charge < -0.3 is 15.7 Å². The van der Waals surface area contributed by atoms with Gasteiger partial charge in [0, 0.05) is 11.9 Å². The third-order valence-electron chi connectivity index (χ3n) is 3.11. The third kappa shape index (κ3) is 3.65. The summed E-state index contributed by atoms with van der Waals surface area (Å²) >= 11 is 1.49. The van der Waals surface area contributed by atoms with E-state index in [9.17, 15) is 9.90 Å². The highest BCUT2D eigenvalue weighted by atomic mass is 32.2. The van der Waals surface area contributed by atoms with Gasteiger partial charge in [-0.3, -0.25) is 0 Å². The summed E-state index contributed by atoms with van der Waals surface area (Å²) in [6, 6.07) is 7.50. The second-order valence-electron chi connectivity index (χ2n) is 4.82. The molecule has 2 rings (SSSR count). The Labute approximate surface area is 128 Å². The number of nitrogens with zero attached hydrogens (tertiary/aromatic N) is 1. The van der Waals surface area contributed by atoms with Crippen LogP contribution in [-0.2, 0) is 0 Å². The van der Waals surface area contributed by atoms with E-state index in [0.717, 1.165) is 21.5 Å². The van der Waals surface area contributed by atoms with Crippen LogP contribution in [0.4, 0.5) is 10.5 Å². The van der Waals surface area contributed by atoms with E-state index < -0.39 is 6.10 Å². The largest absolute Gasteiger partial charge is 0.392 e. The Kier molecular flexibility index (Phi) is 5.03. The van der Waals surface area contributed by atoms with Gasteiger partial charge in [0.15, 0.2) is 0 Å². The Morgan fingerprint density at radius 3 is 2.81 bits per heavy atom. The molecule has 0 aliphatic carbocycles. The van der Waals surface area contributed by atoms with Crippen LogP contribution < -0.4 is 10.6 Å². The highest BCUT2D eigenvalue weighted by Gasteiger charge is 2.14. The van der Waals surface area contributed by atoms with E-state index in [0.29, 0.717) is 5.69 Å². The van der Waals surface area contributed by atoms with Crippen molar-refractivity contribution in [2.24, 2.45) is 0 Å². The number of aliphatic hydroxyl groups excluding tert-OH is 1. The number of nitrogens with one attached hydrogen (secondary N) is 2. The molecule has 21 heavy (non-hydrogen) atoms. The topological polar surface area (TPSA) is 74.2 Å². The highest BCUT2D eigenvalue weighted by Crippen LogP contribution is 2.32. The second-order valence-corrected chi connectivity index (χ2v) is 5.62. The van der Waals surface area contributed by atoms with Crippen LogP contribution in [0.5, 0.6) is 0 Å². The predicted molar refractivity (Wildman–Crippen MR) is 87.0 cm³/mol. The van der Waals surface area contributed by atoms with Gasteiger partial charge >= 0.3 is 6.03 Å². The van der Waals surface area contributed by atoms with Crippen molar-refractivity contribution in [3.63, 3.8) is 0 Å². The van der Waals surface area contributed by atoms with Crippen LogP contribution in [0.1, 0.15) is 12.5 Å². The maximum atomic E-state index is 11.9. The minimum Gasteiger partial charge on any atom is -0.392 e. The maximum absolute atomic E-state index is 11.9. The summed E-state index contributed by atoms with van der Waals surface area (Å²) < 4.78 is 0. The van der Waals surface area contributed by atoms with Crippen molar-refractivity contribution in [3.8, 4) is 0 Å². The lowest BCUT2D eigenvalue weighted by molar-refractivity contribution is 0.190. The first-order valence-corrected chi connectivity index (χ1v) is 7.91. The molecule has 3 N–H and O–H groups in total. The van der Waals surface area contributed by atoms with Gasteiger partial charge in [-0.25, -0.2) is 9.78 Å². The van der Waals surface area contributed by atoms with Crippen molar-refractivity contribution in [2.75, 3.05) is 18.1 Å². The van der Waals surface area contributed by atoms with E-state index in [1.54, 1.807) is 6.92 Å². The van der Waals surface area contributed by atoms with Crippen molar-refractivity contribution in [1.82, 2.24) is 10.3 Å². The van der Waals surface area contributed by atoms with E-state index in [1.807, 2.05) is 37.4 Å². The molecule has 1 aromatic heterocycles. The van der Waals surface area contributed by atoms with Gasteiger partial charge in [0.1, 0.15) is 5.03 Å².